The van der Waals surface area contributed by atoms with E-state index in [0.717, 1.165) is 0 Å². The van der Waals surface area contributed by atoms with Gasteiger partial charge in [0.05, 0.1) is 0 Å². The van der Waals surface area contributed by atoms with Crippen LogP contribution in [-0.2, 0) is 18.6 Å². The Hall–Kier alpha value is 1.23. The Bertz CT molecular complexity index is 15.7. The van der Waals surface area contributed by atoms with Gasteiger partial charge in [0.1, 0.15) is 0 Å². The van der Waals surface area contributed by atoms with Crippen LogP contribution in [-0.4, -0.2) is 0 Å². The fourth-order valence-corrected chi connectivity index (χ4v) is 0. The van der Waals surface area contributed by atoms with Crippen LogP contribution in [0.3, 0.4) is 0 Å². The van der Waals surface area contributed by atoms with Gasteiger partial charge >= 0.3 is 0 Å². The molecule has 0 spiro atoms. The van der Waals surface area contributed by atoms with Crippen molar-refractivity contribution < 1.29 is 20.0 Å². The zero-order valence-corrected chi connectivity index (χ0v) is 6.00. The standard InChI is InChI=1S/2CH4.HI.2H3N.V.H2/h2*1H4;1H;2*1H3;;1H/i;;;;;;1+2. The smallest absolute Gasteiger partial charge is 0 e. The van der Waals surface area contributed by atoms with E-state index in [2.05, 4.69) is 0 Å². The molecule has 0 heterocycles. The van der Waals surface area contributed by atoms with Gasteiger partial charge in [0.2, 0.25) is 0 Å². The number of halogens is 1. The molecule has 0 saturated carbocycles. The van der Waals surface area contributed by atoms with Crippen molar-refractivity contribution in [3.05, 3.63) is 0 Å². The molecule has 2 nitrogen and oxygen atoms in total. The maximum Gasteiger partial charge on any atom is 0 e. The van der Waals surface area contributed by atoms with Crippen LogP contribution in [0.1, 0.15) is 16.3 Å². The van der Waals surface area contributed by atoms with E-state index in [0.29, 0.717) is 0 Å². The van der Waals surface area contributed by atoms with Crippen molar-refractivity contribution in [1.82, 2.24) is 12.3 Å². The first kappa shape index (κ1) is 185. The molecule has 6 N–H and O–H groups in total. The van der Waals surface area contributed by atoms with Crippen LogP contribution in [0.4, 0.5) is 0 Å². The van der Waals surface area contributed by atoms with Gasteiger partial charge < -0.3 is 12.3 Å². The van der Waals surface area contributed by atoms with Gasteiger partial charge in [0.25, 0.3) is 0 Å². The molecule has 4 heteroatoms. The molecule has 0 saturated heterocycles. The molecule has 0 atom stereocenters. The third-order valence-electron chi connectivity index (χ3n) is 0. The molecule has 0 aromatic carbocycles. The molecule has 0 aromatic rings. The fraction of sp³-hybridized carbons (Fsp3) is 1.00. The largest absolute Gasteiger partial charge is 0.344 e. The average Bonchev–Trinajstić information content (AvgIpc) is 0. The van der Waals surface area contributed by atoms with E-state index in [1.54, 1.807) is 0 Å². The minimum atomic E-state index is 0. The SMILES string of the molecule is C.C.I.N.N.[3HH].[V]. The zero-order valence-electron chi connectivity index (χ0n) is 2.27. The second-order valence-electron chi connectivity index (χ2n) is 0. The van der Waals surface area contributed by atoms with Crippen molar-refractivity contribution in [2.45, 2.75) is 14.9 Å². The predicted molar refractivity (Wildman–Crippen MR) is 41.0 cm³/mol. The van der Waals surface area contributed by atoms with Gasteiger partial charge in [-0.1, -0.05) is 14.9 Å². The summed E-state index contributed by atoms with van der Waals surface area (Å²) in [5.74, 6) is 0. The molecule has 1 radical (unpaired) electrons. The normalized spacial score (nSPS) is 0. The summed E-state index contributed by atoms with van der Waals surface area (Å²) < 4.78 is 0. The zero-order chi connectivity index (χ0) is 0. The van der Waals surface area contributed by atoms with E-state index in [4.69, 9.17) is 0 Å². The summed E-state index contributed by atoms with van der Waals surface area (Å²) in [6.45, 7) is 0. The molecule has 0 aliphatic rings. The quantitative estimate of drug-likeness (QED) is 0.647. The van der Waals surface area contributed by atoms with Gasteiger partial charge in [-0.2, -0.15) is 0 Å². The van der Waals surface area contributed by atoms with E-state index in [-0.39, 0.29) is 71.1 Å². The molecule has 0 rings (SSSR count). The van der Waals surface area contributed by atoms with Crippen molar-refractivity contribution in [3.8, 4) is 0 Å². The van der Waals surface area contributed by atoms with Crippen molar-refractivity contribution in [3.63, 3.8) is 0 Å². The van der Waals surface area contributed by atoms with Crippen LogP contribution in [0.2, 0.25) is 0 Å². The molecule has 47 valence electrons. The number of hydrogen-bond acceptors (Lipinski definition) is 2. The first-order valence-corrected chi connectivity index (χ1v) is 0. The summed E-state index contributed by atoms with van der Waals surface area (Å²) >= 11 is 0. The maximum atomic E-state index is 0. The van der Waals surface area contributed by atoms with E-state index >= 15 is 0 Å². The van der Waals surface area contributed by atoms with Crippen LogP contribution in [0.5, 0.6) is 0 Å². The third kappa shape index (κ3) is 61.6. The first-order valence-electron chi connectivity index (χ1n) is 0. The maximum absolute atomic E-state index is 0. The molecule has 0 fully saturated rings. The minimum Gasteiger partial charge on any atom is -0.344 e. The Morgan fingerprint density at radius 2 is 0.833 bits per heavy atom. The molecule has 0 bridgehead atoms. The molecule has 6 heavy (non-hydrogen) atoms. The van der Waals surface area contributed by atoms with Crippen molar-refractivity contribution in [2.75, 3.05) is 0 Å². The summed E-state index contributed by atoms with van der Waals surface area (Å²) in [7, 11) is 0. The van der Waals surface area contributed by atoms with Crippen LogP contribution in [0.15, 0.2) is 0 Å². The van der Waals surface area contributed by atoms with E-state index in [9.17, 15) is 0 Å². The predicted octanol–water partition coefficient (Wildman–Crippen LogP) is 2.46. The molecule has 0 unspecified atom stereocenters. The van der Waals surface area contributed by atoms with Crippen LogP contribution < -0.4 is 12.3 Å². The molecular formula is C2H17IN2V. The average molecular weight is 249 g/mol. The third-order valence-corrected chi connectivity index (χ3v) is 0. The van der Waals surface area contributed by atoms with Gasteiger partial charge in [0, 0.05) is 20.0 Å². The van der Waals surface area contributed by atoms with Crippen molar-refractivity contribution in [2.24, 2.45) is 0 Å². The van der Waals surface area contributed by atoms with Gasteiger partial charge in [-0.3, -0.25) is 0 Å². The van der Waals surface area contributed by atoms with Gasteiger partial charge in [-0.15, -0.1) is 24.0 Å². The Morgan fingerprint density at radius 1 is 0.833 bits per heavy atom. The Morgan fingerprint density at radius 3 is 0.833 bits per heavy atom. The molecule has 0 aromatic heterocycles. The second kappa shape index (κ2) is 112. The summed E-state index contributed by atoms with van der Waals surface area (Å²) in [6.07, 6.45) is 0. The molecule has 0 aliphatic carbocycles. The summed E-state index contributed by atoms with van der Waals surface area (Å²) in [4.78, 5) is 0. The Labute approximate surface area is 71.0 Å². The van der Waals surface area contributed by atoms with Gasteiger partial charge in [-0.25, -0.2) is 0 Å². The Kier molecular flexibility index (Phi) is 3450. The topological polar surface area (TPSA) is 70.0 Å². The van der Waals surface area contributed by atoms with E-state index in [1.807, 2.05) is 0 Å². The summed E-state index contributed by atoms with van der Waals surface area (Å²) in [5.41, 5.74) is 0. The summed E-state index contributed by atoms with van der Waals surface area (Å²) in [6, 6.07) is 0. The number of hydrogen-bond donors (Lipinski definition) is 2. The van der Waals surface area contributed by atoms with Gasteiger partial charge in [-0.05, 0) is 0 Å². The molecular weight excluding hydrogens is 230 g/mol. The van der Waals surface area contributed by atoms with E-state index < -0.39 is 0 Å². The molecule has 0 aliphatic heterocycles. The van der Waals surface area contributed by atoms with Crippen molar-refractivity contribution in [1.29, 1.82) is 0 Å². The van der Waals surface area contributed by atoms with Crippen LogP contribution >= 0.6 is 24.0 Å². The van der Waals surface area contributed by atoms with Crippen LogP contribution in [0, 0.1) is 0 Å². The minimum absolute atomic E-state index is 0. The first-order chi connectivity index (χ1) is 0. The fourth-order valence-electron chi connectivity index (χ4n) is 0. The van der Waals surface area contributed by atoms with Crippen LogP contribution in [0.25, 0.3) is 0 Å². The monoisotopic (exact) mass is 249 g/mol. The number of rotatable bonds is 0. The van der Waals surface area contributed by atoms with Gasteiger partial charge in [0.15, 0.2) is 0 Å². The summed E-state index contributed by atoms with van der Waals surface area (Å²) in [5, 5.41) is 0. The van der Waals surface area contributed by atoms with Crippen molar-refractivity contribution >= 4 is 24.0 Å². The molecule has 0 amide bonds. The second-order valence-corrected chi connectivity index (χ2v) is 0. The van der Waals surface area contributed by atoms with E-state index in [1.165, 1.54) is 0 Å². The Balaban J connectivity index is 0.